The molecule has 6 heteroatoms. The Balaban J connectivity index is 4.34. The van der Waals surface area contributed by atoms with Gasteiger partial charge in [-0.05, 0) is 25.7 Å². The van der Waals surface area contributed by atoms with Crippen molar-refractivity contribution in [3.05, 3.63) is 0 Å². The molecule has 0 aliphatic heterocycles. The summed E-state index contributed by atoms with van der Waals surface area (Å²) in [5.74, 6) is -0.998. The third-order valence-electron chi connectivity index (χ3n) is 2.43. The summed E-state index contributed by atoms with van der Waals surface area (Å²) in [4.78, 5) is 10.8. The summed E-state index contributed by atoms with van der Waals surface area (Å²) in [6.07, 6.45) is 0.538. The molecule has 0 amide bonds. The number of sulfonamides is 1. The third-order valence-corrected chi connectivity index (χ3v) is 3.76. The van der Waals surface area contributed by atoms with Gasteiger partial charge in [0.25, 0.3) is 0 Å². The largest absolute Gasteiger partial charge is 0.481 e. The van der Waals surface area contributed by atoms with Crippen LogP contribution in [0.3, 0.4) is 0 Å². The van der Waals surface area contributed by atoms with Crippen molar-refractivity contribution in [3.63, 3.8) is 0 Å². The van der Waals surface area contributed by atoms with E-state index in [9.17, 15) is 13.2 Å². The fourth-order valence-electron chi connectivity index (χ4n) is 0.879. The molecule has 0 fully saturated rings. The highest BCUT2D eigenvalue weighted by molar-refractivity contribution is 7.89. The van der Waals surface area contributed by atoms with Crippen LogP contribution in [0.1, 0.15) is 41.0 Å². The van der Waals surface area contributed by atoms with Crippen molar-refractivity contribution in [2.45, 2.75) is 41.0 Å². The molecule has 0 saturated carbocycles. The number of carboxylic acid groups (broad SMARTS) is 1. The van der Waals surface area contributed by atoms with E-state index in [1.165, 1.54) is 13.8 Å². The molecule has 0 heterocycles. The maximum absolute atomic E-state index is 11.6. The van der Waals surface area contributed by atoms with E-state index < -0.39 is 21.4 Å². The van der Waals surface area contributed by atoms with Gasteiger partial charge in [-0.25, -0.2) is 13.1 Å². The van der Waals surface area contributed by atoms with Crippen molar-refractivity contribution >= 4 is 16.0 Å². The molecule has 0 aromatic carbocycles. The lowest BCUT2D eigenvalue weighted by Crippen LogP contribution is -2.40. The van der Waals surface area contributed by atoms with Crippen molar-refractivity contribution < 1.29 is 18.3 Å². The van der Waals surface area contributed by atoms with Gasteiger partial charge in [0.2, 0.25) is 10.0 Å². The van der Waals surface area contributed by atoms with Gasteiger partial charge in [-0.1, -0.05) is 20.8 Å². The zero-order valence-electron chi connectivity index (χ0n) is 11.2. The molecular weight excluding hydrogens is 242 g/mol. The summed E-state index contributed by atoms with van der Waals surface area (Å²) in [6, 6.07) is 0. The predicted octanol–water partition coefficient (Wildman–Crippen LogP) is 1.45. The molecule has 0 radical (unpaired) electrons. The Hall–Kier alpha value is -0.620. The molecule has 0 unspecified atom stereocenters. The first-order valence-corrected chi connectivity index (χ1v) is 7.22. The Morgan fingerprint density at radius 3 is 2.00 bits per heavy atom. The second-order valence-electron chi connectivity index (χ2n) is 6.14. The minimum Gasteiger partial charge on any atom is -0.481 e. The van der Waals surface area contributed by atoms with Gasteiger partial charge in [0.05, 0.1) is 11.2 Å². The summed E-state index contributed by atoms with van der Waals surface area (Å²) in [5, 5.41) is 8.86. The third kappa shape index (κ3) is 7.33. The minimum atomic E-state index is -3.39. The van der Waals surface area contributed by atoms with E-state index in [1.807, 2.05) is 20.8 Å². The molecule has 102 valence electrons. The summed E-state index contributed by atoms with van der Waals surface area (Å²) < 4.78 is 25.6. The average Bonchev–Trinajstić information content (AvgIpc) is 2.11. The van der Waals surface area contributed by atoms with Gasteiger partial charge in [-0.2, -0.15) is 0 Å². The average molecular weight is 265 g/mol. The van der Waals surface area contributed by atoms with Crippen molar-refractivity contribution in [2.24, 2.45) is 10.8 Å². The van der Waals surface area contributed by atoms with Crippen molar-refractivity contribution in [1.29, 1.82) is 0 Å². The van der Waals surface area contributed by atoms with Gasteiger partial charge in [-0.15, -0.1) is 0 Å². The predicted molar refractivity (Wildman–Crippen MR) is 67.3 cm³/mol. The molecule has 0 saturated heterocycles. The van der Waals surface area contributed by atoms with E-state index in [0.29, 0.717) is 6.42 Å². The Morgan fingerprint density at radius 1 is 1.18 bits per heavy atom. The van der Waals surface area contributed by atoms with E-state index in [-0.39, 0.29) is 17.7 Å². The zero-order chi connectivity index (χ0) is 13.9. The topological polar surface area (TPSA) is 83.5 Å². The lowest BCUT2D eigenvalue weighted by molar-refractivity contribution is -0.146. The van der Waals surface area contributed by atoms with Gasteiger partial charge in [0.1, 0.15) is 0 Å². The first kappa shape index (κ1) is 16.4. The second-order valence-corrected chi connectivity index (χ2v) is 8.07. The number of carbonyl (C=O) groups is 1. The number of carboxylic acids is 1. The molecule has 17 heavy (non-hydrogen) atoms. The zero-order valence-corrected chi connectivity index (χ0v) is 12.0. The molecule has 0 aliphatic carbocycles. The highest BCUT2D eigenvalue weighted by atomic mass is 32.2. The van der Waals surface area contributed by atoms with Crippen LogP contribution < -0.4 is 4.72 Å². The summed E-state index contributed by atoms with van der Waals surface area (Å²) in [5.41, 5.74) is -1.15. The molecule has 5 nitrogen and oxygen atoms in total. The standard InChI is InChI=1S/C11H23NO4S/c1-10(2,3)6-7-17(15,16)12-8-11(4,5)9(13)14/h12H,6-8H2,1-5H3,(H,13,14). The minimum absolute atomic E-state index is 0.0200. The smallest absolute Gasteiger partial charge is 0.310 e. The maximum Gasteiger partial charge on any atom is 0.310 e. The first-order valence-electron chi connectivity index (χ1n) is 5.56. The van der Waals surface area contributed by atoms with Crippen LogP contribution in [0.2, 0.25) is 0 Å². The number of hydrogen-bond donors (Lipinski definition) is 2. The first-order chi connectivity index (χ1) is 7.36. The second kappa shape index (κ2) is 5.35. The van der Waals surface area contributed by atoms with Crippen LogP contribution in [0.15, 0.2) is 0 Å². The van der Waals surface area contributed by atoms with E-state index in [2.05, 4.69) is 4.72 Å². The quantitative estimate of drug-likeness (QED) is 0.761. The number of aliphatic carboxylic acids is 1. The Kier molecular flexibility index (Phi) is 5.16. The Morgan fingerprint density at radius 2 is 1.65 bits per heavy atom. The molecule has 0 aromatic heterocycles. The SMILES string of the molecule is CC(C)(C)CCS(=O)(=O)NCC(C)(C)C(=O)O. The van der Waals surface area contributed by atoms with Crippen LogP contribution in [0, 0.1) is 10.8 Å². The lowest BCUT2D eigenvalue weighted by atomic mass is 9.94. The van der Waals surface area contributed by atoms with Gasteiger partial charge in [0.15, 0.2) is 0 Å². The van der Waals surface area contributed by atoms with E-state index in [0.717, 1.165) is 0 Å². The number of rotatable bonds is 6. The van der Waals surface area contributed by atoms with Crippen LogP contribution in [-0.2, 0) is 14.8 Å². The molecule has 0 spiro atoms. The van der Waals surface area contributed by atoms with Crippen LogP contribution in [0.5, 0.6) is 0 Å². The van der Waals surface area contributed by atoms with Gasteiger partial charge in [-0.3, -0.25) is 4.79 Å². The molecule has 0 aliphatic rings. The van der Waals surface area contributed by atoms with Crippen LogP contribution in [-0.4, -0.2) is 31.8 Å². The van der Waals surface area contributed by atoms with Crippen molar-refractivity contribution in [3.8, 4) is 0 Å². The number of nitrogens with one attached hydrogen (secondary N) is 1. The van der Waals surface area contributed by atoms with Crippen molar-refractivity contribution in [2.75, 3.05) is 12.3 Å². The van der Waals surface area contributed by atoms with E-state index in [1.54, 1.807) is 0 Å². The van der Waals surface area contributed by atoms with Gasteiger partial charge >= 0.3 is 5.97 Å². The number of hydrogen-bond acceptors (Lipinski definition) is 3. The van der Waals surface area contributed by atoms with Crippen LogP contribution in [0.25, 0.3) is 0 Å². The molecular formula is C11H23NO4S. The molecule has 0 aromatic rings. The normalized spacial score (nSPS) is 13.7. The molecule has 2 N–H and O–H groups in total. The highest BCUT2D eigenvalue weighted by Crippen LogP contribution is 2.19. The van der Waals surface area contributed by atoms with E-state index >= 15 is 0 Å². The molecule has 0 rings (SSSR count). The highest BCUT2D eigenvalue weighted by Gasteiger charge is 2.29. The van der Waals surface area contributed by atoms with E-state index in [4.69, 9.17) is 5.11 Å². The molecule has 0 bridgehead atoms. The molecule has 0 atom stereocenters. The lowest BCUT2D eigenvalue weighted by Gasteiger charge is -2.21. The maximum atomic E-state index is 11.6. The fraction of sp³-hybridized carbons (Fsp3) is 0.909. The summed E-state index contributed by atoms with van der Waals surface area (Å²) in [7, 11) is -3.39. The summed E-state index contributed by atoms with van der Waals surface area (Å²) >= 11 is 0. The van der Waals surface area contributed by atoms with Crippen molar-refractivity contribution in [1.82, 2.24) is 4.72 Å². The summed E-state index contributed by atoms with van der Waals surface area (Å²) in [6.45, 7) is 8.77. The van der Waals surface area contributed by atoms with Crippen LogP contribution >= 0.6 is 0 Å². The van der Waals surface area contributed by atoms with Crippen LogP contribution in [0.4, 0.5) is 0 Å². The Bertz CT molecular complexity index is 365. The van der Waals surface area contributed by atoms with Gasteiger partial charge < -0.3 is 5.11 Å². The Labute approximate surface area is 104 Å². The monoisotopic (exact) mass is 265 g/mol. The van der Waals surface area contributed by atoms with Gasteiger partial charge in [0, 0.05) is 6.54 Å². The fourth-order valence-corrected chi connectivity index (χ4v) is 2.48.